The Labute approximate surface area is 68.5 Å². The molecule has 0 aromatic heterocycles. The summed E-state index contributed by atoms with van der Waals surface area (Å²) in [6, 6.07) is 0. The van der Waals surface area contributed by atoms with Crippen LogP contribution in [0.4, 0.5) is 0 Å². The predicted octanol–water partition coefficient (Wildman–Crippen LogP) is -0.555. The number of amides is 1. The summed E-state index contributed by atoms with van der Waals surface area (Å²) in [6.07, 6.45) is 0.435. The van der Waals surface area contributed by atoms with Crippen LogP contribution in [0.2, 0.25) is 0 Å². The van der Waals surface area contributed by atoms with Gasteiger partial charge in [-0.3, -0.25) is 4.79 Å². The van der Waals surface area contributed by atoms with E-state index in [9.17, 15) is 17.8 Å². The first-order valence-electron chi connectivity index (χ1n) is 2.80. The first kappa shape index (κ1) is 10.7. The topological polar surface area (TPSA) is 100 Å². The van der Waals surface area contributed by atoms with Crippen LogP contribution < -0.4 is 5.73 Å². The average Bonchev–Trinajstić information content (AvgIpc) is 1.78. The fourth-order valence-electron chi connectivity index (χ4n) is 0.407. The molecule has 0 rings (SSSR count). The Kier molecular flexibility index (Phi) is 4.46. The molecule has 0 aliphatic rings. The highest BCUT2D eigenvalue weighted by molar-refractivity contribution is 8.69. The second-order valence-corrected chi connectivity index (χ2v) is 5.19. The normalized spacial score (nSPS) is 11.4. The molecule has 0 atom stereocenters. The fraction of sp³-hybridized carbons (Fsp3) is 0.750. The highest BCUT2D eigenvalue weighted by Crippen LogP contribution is 2.10. The van der Waals surface area contributed by atoms with Gasteiger partial charge in [0.25, 0.3) is 0 Å². The van der Waals surface area contributed by atoms with Gasteiger partial charge in [0.05, 0.1) is 0 Å². The molecule has 2 N–H and O–H groups in total. The molecular weight excluding hydrogens is 190 g/mol. The molecule has 0 aliphatic heterocycles. The Morgan fingerprint density at radius 3 is 2.45 bits per heavy atom. The number of hydrogen-bond acceptors (Lipinski definition) is 5. The van der Waals surface area contributed by atoms with Crippen molar-refractivity contribution in [3.05, 3.63) is 0 Å². The maximum atomic E-state index is 10.1. The molecule has 11 heavy (non-hydrogen) atoms. The van der Waals surface area contributed by atoms with E-state index in [1.165, 1.54) is 0 Å². The maximum Gasteiger partial charge on any atom is 0.217 e. The van der Waals surface area contributed by atoms with Gasteiger partial charge in [0.15, 0.2) is 0 Å². The number of carbonyl (C=O) groups excluding carboxylic acids is 1. The summed E-state index contributed by atoms with van der Waals surface area (Å²) >= 11 is 0. The van der Waals surface area contributed by atoms with Gasteiger partial charge in [0, 0.05) is 12.2 Å². The monoisotopic (exact) mass is 198 g/mol. The SMILES string of the molecule is NC(=O)CCCSS(=O)(=O)[O-]. The second-order valence-electron chi connectivity index (χ2n) is 1.80. The van der Waals surface area contributed by atoms with E-state index >= 15 is 0 Å². The van der Waals surface area contributed by atoms with E-state index in [-0.39, 0.29) is 23.0 Å². The molecule has 0 aromatic carbocycles. The lowest BCUT2D eigenvalue weighted by molar-refractivity contribution is -0.118. The van der Waals surface area contributed by atoms with Crippen LogP contribution in [0.5, 0.6) is 0 Å². The number of primary amides is 1. The Morgan fingerprint density at radius 1 is 1.55 bits per heavy atom. The number of nitrogens with two attached hydrogens (primary N) is 1. The number of rotatable bonds is 5. The number of carbonyl (C=O) groups is 1. The first-order valence-corrected chi connectivity index (χ1v) is 5.71. The molecule has 0 aromatic rings. The lowest BCUT2D eigenvalue weighted by Crippen LogP contribution is -2.10. The van der Waals surface area contributed by atoms with Crippen molar-refractivity contribution in [1.82, 2.24) is 0 Å². The van der Waals surface area contributed by atoms with Crippen molar-refractivity contribution >= 4 is 25.9 Å². The zero-order valence-corrected chi connectivity index (χ0v) is 7.28. The van der Waals surface area contributed by atoms with Gasteiger partial charge in [-0.2, -0.15) is 0 Å². The molecular formula is C4H8NO4S2-. The summed E-state index contributed by atoms with van der Waals surface area (Å²) in [5.41, 5.74) is 4.77. The maximum absolute atomic E-state index is 10.1. The molecule has 5 nitrogen and oxygen atoms in total. The van der Waals surface area contributed by atoms with Crippen LogP contribution in [0.3, 0.4) is 0 Å². The molecule has 7 heteroatoms. The van der Waals surface area contributed by atoms with E-state index < -0.39 is 15.1 Å². The van der Waals surface area contributed by atoms with Crippen LogP contribution in [0.1, 0.15) is 12.8 Å². The van der Waals surface area contributed by atoms with Crippen LogP contribution in [-0.2, 0) is 13.9 Å². The van der Waals surface area contributed by atoms with Gasteiger partial charge in [0.1, 0.15) is 9.15 Å². The summed E-state index contributed by atoms with van der Waals surface area (Å²) in [5, 5.41) is 0. The Hall–Kier alpha value is -0.270. The van der Waals surface area contributed by atoms with Gasteiger partial charge in [-0.15, -0.1) is 0 Å². The average molecular weight is 198 g/mol. The first-order chi connectivity index (χ1) is 4.92. The van der Waals surface area contributed by atoms with E-state index in [1.807, 2.05) is 0 Å². The lowest BCUT2D eigenvalue weighted by Gasteiger charge is -2.03. The van der Waals surface area contributed by atoms with E-state index in [1.54, 1.807) is 0 Å². The van der Waals surface area contributed by atoms with Crippen molar-refractivity contribution in [1.29, 1.82) is 0 Å². The highest BCUT2D eigenvalue weighted by atomic mass is 33.1. The Bertz CT molecular complexity index is 222. The third kappa shape index (κ3) is 9.73. The molecule has 0 fully saturated rings. The van der Waals surface area contributed by atoms with Crippen LogP contribution >= 0.6 is 10.8 Å². The van der Waals surface area contributed by atoms with Crippen molar-refractivity contribution in [3.8, 4) is 0 Å². The molecule has 0 radical (unpaired) electrons. The summed E-state index contributed by atoms with van der Waals surface area (Å²) in [6.45, 7) is 0. The van der Waals surface area contributed by atoms with Crippen molar-refractivity contribution in [3.63, 3.8) is 0 Å². The minimum absolute atomic E-state index is 0.114. The van der Waals surface area contributed by atoms with Gasteiger partial charge in [0.2, 0.25) is 5.91 Å². The third-order valence-corrected chi connectivity index (χ3v) is 2.91. The van der Waals surface area contributed by atoms with Gasteiger partial charge >= 0.3 is 0 Å². The van der Waals surface area contributed by atoms with Crippen LogP contribution in [0.25, 0.3) is 0 Å². The Morgan fingerprint density at radius 2 is 2.09 bits per heavy atom. The van der Waals surface area contributed by atoms with E-state index in [2.05, 4.69) is 0 Å². The van der Waals surface area contributed by atoms with Crippen LogP contribution in [0.15, 0.2) is 0 Å². The molecule has 0 saturated heterocycles. The highest BCUT2D eigenvalue weighted by Gasteiger charge is 1.97. The van der Waals surface area contributed by atoms with Crippen molar-refractivity contribution in [2.75, 3.05) is 5.75 Å². The molecule has 0 heterocycles. The van der Waals surface area contributed by atoms with Gasteiger partial charge < -0.3 is 10.3 Å². The minimum Gasteiger partial charge on any atom is -0.739 e. The van der Waals surface area contributed by atoms with Gasteiger partial charge in [-0.25, -0.2) is 8.42 Å². The molecule has 66 valence electrons. The third-order valence-electron chi connectivity index (χ3n) is 0.795. The Balaban J connectivity index is 3.37. The smallest absolute Gasteiger partial charge is 0.217 e. The van der Waals surface area contributed by atoms with E-state index in [0.29, 0.717) is 6.42 Å². The summed E-state index contributed by atoms with van der Waals surface area (Å²) in [5.74, 6) is -0.372. The molecule has 0 spiro atoms. The van der Waals surface area contributed by atoms with Gasteiger partial charge in [-0.05, 0) is 17.2 Å². The minimum atomic E-state index is -4.21. The van der Waals surface area contributed by atoms with Crippen LogP contribution in [0, 0.1) is 0 Å². The van der Waals surface area contributed by atoms with Crippen LogP contribution in [-0.4, -0.2) is 24.6 Å². The quantitative estimate of drug-likeness (QED) is 0.363. The fourth-order valence-corrected chi connectivity index (χ4v) is 1.84. The van der Waals surface area contributed by atoms with Crippen molar-refractivity contribution in [2.45, 2.75) is 12.8 Å². The second kappa shape index (κ2) is 4.58. The molecule has 0 aliphatic carbocycles. The molecule has 0 unspecified atom stereocenters. The van der Waals surface area contributed by atoms with Gasteiger partial charge in [-0.1, -0.05) is 0 Å². The zero-order chi connectivity index (χ0) is 8.91. The summed E-state index contributed by atoms with van der Waals surface area (Å²) in [7, 11) is -3.92. The van der Waals surface area contributed by atoms with Crippen molar-refractivity contribution in [2.24, 2.45) is 5.73 Å². The summed E-state index contributed by atoms with van der Waals surface area (Å²) in [4.78, 5) is 10.1. The summed E-state index contributed by atoms with van der Waals surface area (Å²) < 4.78 is 29.9. The molecule has 1 amide bonds. The van der Waals surface area contributed by atoms with Crippen molar-refractivity contribution < 1.29 is 17.8 Å². The van der Waals surface area contributed by atoms with E-state index in [0.717, 1.165) is 0 Å². The number of hydrogen-bond donors (Lipinski definition) is 1. The molecule has 0 bridgehead atoms. The predicted molar refractivity (Wildman–Crippen MR) is 40.6 cm³/mol. The van der Waals surface area contributed by atoms with E-state index in [4.69, 9.17) is 5.73 Å². The zero-order valence-electron chi connectivity index (χ0n) is 5.65. The lowest BCUT2D eigenvalue weighted by atomic mass is 10.3. The molecule has 0 saturated carbocycles. The standard InChI is InChI=1S/C4H9NO4S2/c5-4(6)2-1-3-10-11(7,8)9/h1-3H2,(H2,5,6)(H,7,8,9)/p-1. The largest absolute Gasteiger partial charge is 0.739 e.